The van der Waals surface area contributed by atoms with E-state index in [1.165, 1.54) is 6.92 Å². The smallest absolute Gasteiger partial charge is 0.340 e. The Hall–Kier alpha value is -1.88. The molecular formula is C16H21NO4. The van der Waals surface area contributed by atoms with Crippen LogP contribution in [0.1, 0.15) is 32.8 Å². The molecule has 0 spiro atoms. The summed E-state index contributed by atoms with van der Waals surface area (Å²) in [6.45, 7) is 5.34. The first-order valence-corrected chi connectivity index (χ1v) is 7.19. The van der Waals surface area contributed by atoms with Gasteiger partial charge in [0.1, 0.15) is 5.92 Å². The zero-order valence-electron chi connectivity index (χ0n) is 12.7. The van der Waals surface area contributed by atoms with Crippen molar-refractivity contribution in [1.82, 2.24) is 5.06 Å². The van der Waals surface area contributed by atoms with E-state index in [4.69, 9.17) is 9.57 Å². The molecule has 1 aromatic rings. The van der Waals surface area contributed by atoms with Crippen molar-refractivity contribution in [1.29, 1.82) is 0 Å². The topological polar surface area (TPSA) is 55.8 Å². The fraction of sp³-hybridized carbons (Fsp3) is 0.500. The van der Waals surface area contributed by atoms with E-state index in [9.17, 15) is 9.59 Å². The SMILES string of the molecule is CCO[C@@]1(C)[C@@H](CCc2ccccc2)C(=O)ON1C(C)=O. The fourth-order valence-corrected chi connectivity index (χ4v) is 2.77. The highest BCUT2D eigenvalue weighted by molar-refractivity contribution is 5.82. The van der Waals surface area contributed by atoms with Gasteiger partial charge < -0.3 is 9.57 Å². The maximum atomic E-state index is 12.1. The molecule has 1 saturated heterocycles. The van der Waals surface area contributed by atoms with E-state index in [0.717, 1.165) is 17.0 Å². The molecule has 1 amide bonds. The zero-order chi connectivity index (χ0) is 15.5. The second kappa shape index (κ2) is 6.26. The van der Waals surface area contributed by atoms with Crippen LogP contribution in [0, 0.1) is 5.92 Å². The van der Waals surface area contributed by atoms with Crippen molar-refractivity contribution in [2.75, 3.05) is 6.61 Å². The van der Waals surface area contributed by atoms with Gasteiger partial charge in [0.25, 0.3) is 5.91 Å². The maximum Gasteiger partial charge on any atom is 0.340 e. The first-order valence-electron chi connectivity index (χ1n) is 7.19. The number of hydroxylamine groups is 2. The zero-order valence-corrected chi connectivity index (χ0v) is 12.7. The van der Waals surface area contributed by atoms with Crippen molar-refractivity contribution in [3.63, 3.8) is 0 Å². The lowest BCUT2D eigenvalue weighted by molar-refractivity contribution is -0.241. The summed E-state index contributed by atoms with van der Waals surface area (Å²) in [6.07, 6.45) is 1.30. The van der Waals surface area contributed by atoms with Gasteiger partial charge in [-0.3, -0.25) is 4.79 Å². The number of hydrogen-bond acceptors (Lipinski definition) is 4. The van der Waals surface area contributed by atoms with Crippen molar-refractivity contribution in [3.05, 3.63) is 35.9 Å². The molecule has 0 aliphatic carbocycles. The quantitative estimate of drug-likeness (QED) is 0.835. The number of aryl methyl sites for hydroxylation is 1. The molecule has 2 rings (SSSR count). The van der Waals surface area contributed by atoms with Crippen molar-refractivity contribution < 1.29 is 19.2 Å². The minimum absolute atomic E-state index is 0.332. The number of benzene rings is 1. The van der Waals surface area contributed by atoms with E-state index in [1.54, 1.807) is 6.92 Å². The summed E-state index contributed by atoms with van der Waals surface area (Å²) in [5.41, 5.74) is 0.109. The van der Waals surface area contributed by atoms with Crippen LogP contribution in [-0.2, 0) is 25.6 Å². The van der Waals surface area contributed by atoms with Gasteiger partial charge in [-0.15, -0.1) is 5.06 Å². The van der Waals surface area contributed by atoms with E-state index >= 15 is 0 Å². The van der Waals surface area contributed by atoms with Crippen LogP contribution in [0.15, 0.2) is 30.3 Å². The molecule has 0 aromatic heterocycles. The lowest BCUT2D eigenvalue weighted by atomic mass is 9.91. The highest BCUT2D eigenvalue weighted by atomic mass is 16.8. The van der Waals surface area contributed by atoms with Crippen LogP contribution in [0.2, 0.25) is 0 Å². The molecule has 5 nitrogen and oxygen atoms in total. The molecule has 0 saturated carbocycles. The van der Waals surface area contributed by atoms with Crippen LogP contribution < -0.4 is 0 Å². The molecule has 1 aromatic carbocycles. The monoisotopic (exact) mass is 291 g/mol. The normalized spacial score (nSPS) is 25.0. The van der Waals surface area contributed by atoms with Gasteiger partial charge in [-0.25, -0.2) is 4.79 Å². The van der Waals surface area contributed by atoms with Crippen LogP contribution >= 0.6 is 0 Å². The third kappa shape index (κ3) is 3.08. The van der Waals surface area contributed by atoms with Gasteiger partial charge in [-0.1, -0.05) is 30.3 Å². The second-order valence-corrected chi connectivity index (χ2v) is 5.29. The molecule has 0 N–H and O–H groups in total. The Morgan fingerprint density at radius 3 is 2.62 bits per heavy atom. The number of nitrogens with zero attached hydrogens (tertiary/aromatic N) is 1. The number of carbonyl (C=O) groups excluding carboxylic acids is 2. The Balaban J connectivity index is 2.15. The Morgan fingerprint density at radius 1 is 1.38 bits per heavy atom. The maximum absolute atomic E-state index is 12.1. The molecule has 114 valence electrons. The Morgan fingerprint density at radius 2 is 2.05 bits per heavy atom. The molecule has 2 atom stereocenters. The molecule has 21 heavy (non-hydrogen) atoms. The van der Waals surface area contributed by atoms with Crippen LogP contribution in [0.25, 0.3) is 0 Å². The van der Waals surface area contributed by atoms with Crippen molar-refractivity contribution in [2.45, 2.75) is 39.3 Å². The minimum atomic E-state index is -1.04. The van der Waals surface area contributed by atoms with Crippen molar-refractivity contribution in [2.24, 2.45) is 5.92 Å². The summed E-state index contributed by atoms with van der Waals surface area (Å²) < 4.78 is 5.69. The average Bonchev–Trinajstić information content (AvgIpc) is 2.70. The summed E-state index contributed by atoms with van der Waals surface area (Å²) in [6, 6.07) is 9.91. The second-order valence-electron chi connectivity index (χ2n) is 5.29. The van der Waals surface area contributed by atoms with Gasteiger partial charge in [0, 0.05) is 13.5 Å². The molecule has 0 bridgehead atoms. The van der Waals surface area contributed by atoms with E-state index in [2.05, 4.69) is 0 Å². The van der Waals surface area contributed by atoms with Crippen LogP contribution in [0.4, 0.5) is 0 Å². The lowest BCUT2D eigenvalue weighted by Gasteiger charge is -2.33. The standard InChI is InChI=1S/C16H21NO4/c1-4-20-16(3)14(15(19)21-17(16)12(2)18)11-10-13-8-6-5-7-9-13/h5-9,14H,4,10-11H2,1-3H3/t14-,16-/m0/s1. The highest BCUT2D eigenvalue weighted by Gasteiger charge is 2.55. The third-order valence-corrected chi connectivity index (χ3v) is 3.80. The van der Waals surface area contributed by atoms with E-state index in [-0.39, 0.29) is 5.91 Å². The Bertz CT molecular complexity index is 516. The summed E-state index contributed by atoms with van der Waals surface area (Å²) >= 11 is 0. The molecule has 5 heteroatoms. The van der Waals surface area contributed by atoms with Gasteiger partial charge >= 0.3 is 5.97 Å². The van der Waals surface area contributed by atoms with Gasteiger partial charge in [0.15, 0.2) is 5.72 Å². The number of hydrogen-bond donors (Lipinski definition) is 0. The predicted molar refractivity (Wildman–Crippen MR) is 76.9 cm³/mol. The molecular weight excluding hydrogens is 270 g/mol. The highest BCUT2D eigenvalue weighted by Crippen LogP contribution is 2.37. The van der Waals surface area contributed by atoms with Gasteiger partial charge in [0.2, 0.25) is 0 Å². The Kier molecular flexibility index (Phi) is 4.63. The molecule has 1 fully saturated rings. The minimum Gasteiger partial charge on any atom is -0.352 e. The van der Waals surface area contributed by atoms with Crippen LogP contribution in [0.3, 0.4) is 0 Å². The Labute approximate surface area is 124 Å². The fourth-order valence-electron chi connectivity index (χ4n) is 2.77. The van der Waals surface area contributed by atoms with E-state index in [1.807, 2.05) is 37.3 Å². The first-order chi connectivity index (χ1) is 9.99. The average molecular weight is 291 g/mol. The molecule has 1 aliphatic rings. The van der Waals surface area contributed by atoms with Crippen LogP contribution in [-0.4, -0.2) is 29.3 Å². The number of carbonyl (C=O) groups is 2. The summed E-state index contributed by atoms with van der Waals surface area (Å²) in [5, 5.41) is 1.06. The summed E-state index contributed by atoms with van der Waals surface area (Å²) in [7, 11) is 0. The lowest BCUT2D eigenvalue weighted by Crippen LogP contribution is -2.49. The molecule has 0 radical (unpaired) electrons. The first kappa shape index (κ1) is 15.5. The number of rotatable bonds is 5. The molecule has 1 heterocycles. The van der Waals surface area contributed by atoms with E-state index < -0.39 is 17.6 Å². The van der Waals surface area contributed by atoms with Crippen LogP contribution in [0.5, 0.6) is 0 Å². The number of amides is 1. The largest absolute Gasteiger partial charge is 0.352 e. The summed E-state index contributed by atoms with van der Waals surface area (Å²) in [5.74, 6) is -1.22. The van der Waals surface area contributed by atoms with E-state index in [0.29, 0.717) is 13.0 Å². The van der Waals surface area contributed by atoms with Gasteiger partial charge in [0.05, 0.1) is 0 Å². The van der Waals surface area contributed by atoms with Gasteiger partial charge in [-0.05, 0) is 32.3 Å². The molecule has 1 aliphatic heterocycles. The van der Waals surface area contributed by atoms with Gasteiger partial charge in [-0.2, -0.15) is 0 Å². The molecule has 0 unspecified atom stereocenters. The number of ether oxygens (including phenoxy) is 1. The predicted octanol–water partition coefficient (Wildman–Crippen LogP) is 2.31. The third-order valence-electron chi connectivity index (χ3n) is 3.80. The summed E-state index contributed by atoms with van der Waals surface area (Å²) in [4.78, 5) is 28.9. The van der Waals surface area contributed by atoms with Crippen molar-refractivity contribution >= 4 is 11.9 Å². The van der Waals surface area contributed by atoms with Crippen molar-refractivity contribution in [3.8, 4) is 0 Å².